The molecule has 0 atom stereocenters. The van der Waals surface area contributed by atoms with Gasteiger partial charge in [-0.25, -0.2) is 21.6 Å². The Hall–Kier alpha value is -1.90. The Morgan fingerprint density at radius 2 is 1.62 bits per heavy atom. The van der Waals surface area contributed by atoms with Crippen molar-refractivity contribution in [1.82, 2.24) is 4.72 Å². The van der Waals surface area contributed by atoms with Crippen LogP contribution in [0.3, 0.4) is 0 Å². The van der Waals surface area contributed by atoms with E-state index in [0.717, 1.165) is 23.4 Å². The van der Waals surface area contributed by atoms with Gasteiger partial charge in [0.15, 0.2) is 9.84 Å². The molecule has 0 aliphatic carbocycles. The van der Waals surface area contributed by atoms with E-state index >= 15 is 0 Å². The van der Waals surface area contributed by atoms with Gasteiger partial charge in [0.05, 0.1) is 12.0 Å². The minimum atomic E-state index is -3.93. The Morgan fingerprint density at radius 1 is 1.00 bits per heavy atom. The first-order chi connectivity index (χ1) is 11.1. The van der Waals surface area contributed by atoms with E-state index in [9.17, 15) is 16.8 Å². The van der Waals surface area contributed by atoms with Gasteiger partial charge in [-0.15, -0.1) is 0 Å². The van der Waals surface area contributed by atoms with E-state index in [1.54, 1.807) is 0 Å². The van der Waals surface area contributed by atoms with E-state index < -0.39 is 19.9 Å². The van der Waals surface area contributed by atoms with Gasteiger partial charge in [0.25, 0.3) is 0 Å². The highest BCUT2D eigenvalue weighted by atomic mass is 32.2. The fourth-order valence-electron chi connectivity index (χ4n) is 2.06. The number of sulfonamides is 1. The van der Waals surface area contributed by atoms with Gasteiger partial charge in [0.2, 0.25) is 10.0 Å². The van der Waals surface area contributed by atoms with Crippen molar-refractivity contribution in [2.24, 2.45) is 0 Å². The summed E-state index contributed by atoms with van der Waals surface area (Å²) < 4.78 is 55.9. The maximum atomic E-state index is 12.5. The summed E-state index contributed by atoms with van der Waals surface area (Å²) in [4.78, 5) is -0.293. The predicted molar refractivity (Wildman–Crippen MR) is 91.3 cm³/mol. The second kappa shape index (κ2) is 6.92. The topological polar surface area (TPSA) is 89.5 Å². The van der Waals surface area contributed by atoms with E-state index in [0.29, 0.717) is 0 Å². The molecular weight excluding hydrogens is 350 g/mol. The number of ether oxygens (including phenoxy) is 1. The molecule has 0 aliphatic rings. The number of sulfone groups is 1. The third kappa shape index (κ3) is 4.34. The second-order valence-corrected chi connectivity index (χ2v) is 9.15. The summed E-state index contributed by atoms with van der Waals surface area (Å²) in [5.74, 6) is 0.0822. The number of hydrogen-bond acceptors (Lipinski definition) is 5. The van der Waals surface area contributed by atoms with Gasteiger partial charge < -0.3 is 4.74 Å². The zero-order chi connectivity index (χ0) is 18.0. The summed E-state index contributed by atoms with van der Waals surface area (Å²) in [6.07, 6.45) is 1.02. The molecule has 24 heavy (non-hydrogen) atoms. The van der Waals surface area contributed by atoms with Crippen LogP contribution in [0.5, 0.6) is 5.75 Å². The molecule has 0 aromatic heterocycles. The van der Waals surface area contributed by atoms with Gasteiger partial charge in [0, 0.05) is 12.8 Å². The molecule has 0 radical (unpaired) electrons. The summed E-state index contributed by atoms with van der Waals surface area (Å²) in [6.45, 7) is 2.03. The molecule has 0 saturated heterocycles. The van der Waals surface area contributed by atoms with Crippen molar-refractivity contribution >= 4 is 19.9 Å². The number of rotatable bonds is 6. The number of nitrogens with one attached hydrogen (secondary N) is 1. The molecule has 2 aromatic carbocycles. The van der Waals surface area contributed by atoms with Gasteiger partial charge in [-0.3, -0.25) is 0 Å². The standard InChI is InChI=1S/C16H19NO5S2/c1-12-4-6-13(7-5-12)11-17-24(20,21)16-10-14(23(3,18)19)8-9-15(16)22-2/h4-10,17H,11H2,1-3H3. The second-order valence-electron chi connectivity index (χ2n) is 5.39. The normalized spacial score (nSPS) is 12.1. The highest BCUT2D eigenvalue weighted by Gasteiger charge is 2.22. The highest BCUT2D eigenvalue weighted by molar-refractivity contribution is 7.91. The molecule has 6 nitrogen and oxygen atoms in total. The first-order valence-electron chi connectivity index (χ1n) is 7.07. The lowest BCUT2D eigenvalue weighted by molar-refractivity contribution is 0.401. The quantitative estimate of drug-likeness (QED) is 0.840. The molecule has 2 rings (SSSR count). The monoisotopic (exact) mass is 369 g/mol. The molecule has 0 amide bonds. The molecule has 130 valence electrons. The minimum Gasteiger partial charge on any atom is -0.495 e. The Bertz CT molecular complexity index is 933. The van der Waals surface area contributed by atoms with Crippen molar-refractivity contribution in [3.05, 3.63) is 53.6 Å². The van der Waals surface area contributed by atoms with Gasteiger partial charge in [0.1, 0.15) is 10.6 Å². The van der Waals surface area contributed by atoms with Crippen LogP contribution in [-0.4, -0.2) is 30.2 Å². The lowest BCUT2D eigenvalue weighted by Gasteiger charge is -2.12. The molecule has 0 heterocycles. The van der Waals surface area contributed by atoms with E-state index in [-0.39, 0.29) is 22.1 Å². The van der Waals surface area contributed by atoms with Crippen LogP contribution in [0.25, 0.3) is 0 Å². The van der Waals surface area contributed by atoms with Crippen molar-refractivity contribution in [3.8, 4) is 5.75 Å². The summed E-state index contributed by atoms with van der Waals surface area (Å²) >= 11 is 0. The third-order valence-electron chi connectivity index (χ3n) is 3.44. The summed E-state index contributed by atoms with van der Waals surface area (Å²) in [7, 11) is -6.14. The first-order valence-corrected chi connectivity index (χ1v) is 10.4. The van der Waals surface area contributed by atoms with Crippen LogP contribution in [-0.2, 0) is 26.4 Å². The van der Waals surface area contributed by atoms with Crippen molar-refractivity contribution in [2.75, 3.05) is 13.4 Å². The lowest BCUT2D eigenvalue weighted by Crippen LogP contribution is -2.24. The molecule has 8 heteroatoms. The zero-order valence-electron chi connectivity index (χ0n) is 13.6. The maximum Gasteiger partial charge on any atom is 0.244 e. The van der Waals surface area contributed by atoms with Crippen molar-refractivity contribution < 1.29 is 21.6 Å². The molecule has 0 bridgehead atoms. The fourth-order valence-corrected chi connectivity index (χ4v) is 3.99. The number of benzene rings is 2. The maximum absolute atomic E-state index is 12.5. The molecule has 2 aromatic rings. The van der Waals surface area contributed by atoms with Gasteiger partial charge in [-0.2, -0.15) is 0 Å². The summed E-state index contributed by atoms with van der Waals surface area (Å²) in [5, 5.41) is 0. The number of aryl methyl sites for hydroxylation is 1. The Morgan fingerprint density at radius 3 is 2.17 bits per heavy atom. The SMILES string of the molecule is COc1ccc(S(C)(=O)=O)cc1S(=O)(=O)NCc1ccc(C)cc1. The smallest absolute Gasteiger partial charge is 0.244 e. The summed E-state index contributed by atoms with van der Waals surface area (Å²) in [6, 6.07) is 11.2. The fraction of sp³-hybridized carbons (Fsp3) is 0.250. The van der Waals surface area contributed by atoms with Crippen molar-refractivity contribution in [2.45, 2.75) is 23.3 Å². The highest BCUT2D eigenvalue weighted by Crippen LogP contribution is 2.26. The lowest BCUT2D eigenvalue weighted by atomic mass is 10.2. The van der Waals surface area contributed by atoms with Crippen LogP contribution in [0.4, 0.5) is 0 Å². The Balaban J connectivity index is 2.35. The summed E-state index contributed by atoms with van der Waals surface area (Å²) in [5.41, 5.74) is 1.87. The van der Waals surface area contributed by atoms with Gasteiger partial charge >= 0.3 is 0 Å². The molecular formula is C16H19NO5S2. The number of hydrogen-bond donors (Lipinski definition) is 1. The molecule has 0 spiro atoms. The Kier molecular flexibility index (Phi) is 5.32. The largest absolute Gasteiger partial charge is 0.495 e. The van der Waals surface area contributed by atoms with Gasteiger partial charge in [-0.05, 0) is 30.7 Å². The average molecular weight is 369 g/mol. The first kappa shape index (κ1) is 18.4. The van der Waals surface area contributed by atoms with E-state index in [1.165, 1.54) is 19.2 Å². The van der Waals surface area contributed by atoms with Crippen LogP contribution in [0.1, 0.15) is 11.1 Å². The molecule has 1 N–H and O–H groups in total. The van der Waals surface area contributed by atoms with Crippen LogP contribution < -0.4 is 9.46 Å². The minimum absolute atomic E-state index is 0.0822. The van der Waals surface area contributed by atoms with Gasteiger partial charge in [-0.1, -0.05) is 29.8 Å². The van der Waals surface area contributed by atoms with Crippen molar-refractivity contribution in [3.63, 3.8) is 0 Å². The van der Waals surface area contributed by atoms with Crippen molar-refractivity contribution in [1.29, 1.82) is 0 Å². The van der Waals surface area contributed by atoms with Crippen LogP contribution >= 0.6 is 0 Å². The van der Waals surface area contributed by atoms with Crippen LogP contribution in [0, 0.1) is 6.92 Å². The number of methoxy groups -OCH3 is 1. The average Bonchev–Trinajstić information content (AvgIpc) is 2.53. The van der Waals surface area contributed by atoms with E-state index in [4.69, 9.17) is 4.74 Å². The van der Waals surface area contributed by atoms with E-state index in [1.807, 2.05) is 31.2 Å². The predicted octanol–water partition coefficient (Wildman–Crippen LogP) is 1.89. The molecule has 0 unspecified atom stereocenters. The van der Waals surface area contributed by atoms with Crippen LogP contribution in [0.2, 0.25) is 0 Å². The Labute approximate surface area is 142 Å². The van der Waals surface area contributed by atoms with Crippen LogP contribution in [0.15, 0.2) is 52.3 Å². The zero-order valence-corrected chi connectivity index (χ0v) is 15.2. The molecule has 0 saturated carbocycles. The molecule has 0 aliphatic heterocycles. The molecule has 0 fully saturated rings. The van der Waals surface area contributed by atoms with E-state index in [2.05, 4.69) is 4.72 Å². The third-order valence-corrected chi connectivity index (χ3v) is 5.97.